The number of carbonyl (C=O) groups excluding carboxylic acids is 1. The van der Waals surface area contributed by atoms with E-state index in [1.807, 2.05) is 41.8 Å². The van der Waals surface area contributed by atoms with E-state index in [0.717, 1.165) is 6.42 Å². The van der Waals surface area contributed by atoms with Crippen molar-refractivity contribution in [2.75, 3.05) is 6.54 Å². The van der Waals surface area contributed by atoms with Crippen molar-refractivity contribution in [3.63, 3.8) is 0 Å². The fourth-order valence-electron chi connectivity index (χ4n) is 2.34. The lowest BCUT2D eigenvalue weighted by Gasteiger charge is -2.07. The summed E-state index contributed by atoms with van der Waals surface area (Å²) >= 11 is 1.38. The zero-order chi connectivity index (χ0) is 16.1. The van der Waals surface area contributed by atoms with Crippen molar-refractivity contribution >= 4 is 27.5 Å². The summed E-state index contributed by atoms with van der Waals surface area (Å²) in [7, 11) is 0. The molecular weight excluding hydrogens is 310 g/mol. The maximum absolute atomic E-state index is 12.2. The van der Waals surface area contributed by atoms with Gasteiger partial charge in [0.25, 0.3) is 5.56 Å². The molecule has 3 rings (SSSR count). The number of carbonyl (C=O) groups is 1. The molecule has 0 saturated heterocycles. The number of rotatable bonds is 6. The molecule has 0 atom stereocenters. The molecule has 0 fully saturated rings. The molecule has 1 amide bonds. The van der Waals surface area contributed by atoms with Crippen LogP contribution in [-0.4, -0.2) is 22.0 Å². The normalized spacial score (nSPS) is 10.8. The van der Waals surface area contributed by atoms with E-state index in [2.05, 4.69) is 10.3 Å². The minimum Gasteiger partial charge on any atom is -0.356 e. The Morgan fingerprint density at radius 1 is 1.22 bits per heavy atom. The predicted octanol–water partition coefficient (Wildman–Crippen LogP) is 2.21. The predicted molar refractivity (Wildman–Crippen MR) is 91.7 cm³/mol. The summed E-state index contributed by atoms with van der Waals surface area (Å²) in [5, 5.41) is 4.73. The highest BCUT2D eigenvalue weighted by molar-refractivity contribution is 7.17. The maximum atomic E-state index is 12.2. The molecule has 0 bridgehead atoms. The van der Waals surface area contributed by atoms with E-state index in [1.165, 1.54) is 27.8 Å². The Hall–Kier alpha value is -2.47. The standard InChI is InChI=1S/C17H17N3O2S/c21-15(18-9-6-13-4-2-1-3-5-13)7-10-20-12-19-14-8-11-23-16(14)17(20)22/h1-5,8,11-12H,6-7,9-10H2,(H,18,21). The Morgan fingerprint density at radius 2 is 2.04 bits per heavy atom. The van der Waals surface area contributed by atoms with Gasteiger partial charge in [-0.1, -0.05) is 30.3 Å². The van der Waals surface area contributed by atoms with Crippen LogP contribution in [-0.2, 0) is 17.8 Å². The summed E-state index contributed by atoms with van der Waals surface area (Å²) in [4.78, 5) is 28.3. The van der Waals surface area contributed by atoms with E-state index in [1.54, 1.807) is 0 Å². The van der Waals surface area contributed by atoms with Crippen LogP contribution in [0.4, 0.5) is 0 Å². The highest BCUT2D eigenvalue weighted by Gasteiger charge is 2.07. The minimum atomic E-state index is -0.0814. The second kappa shape index (κ2) is 7.19. The summed E-state index contributed by atoms with van der Waals surface area (Å²) in [5.74, 6) is -0.0564. The summed E-state index contributed by atoms with van der Waals surface area (Å²) < 4.78 is 2.13. The average molecular weight is 327 g/mol. The molecule has 0 unspecified atom stereocenters. The van der Waals surface area contributed by atoms with E-state index in [4.69, 9.17) is 0 Å². The number of thiophene rings is 1. The Kier molecular flexibility index (Phi) is 4.83. The van der Waals surface area contributed by atoms with E-state index in [-0.39, 0.29) is 17.9 Å². The van der Waals surface area contributed by atoms with Gasteiger partial charge in [0.15, 0.2) is 0 Å². The molecule has 118 valence electrons. The van der Waals surface area contributed by atoms with Gasteiger partial charge in [-0.15, -0.1) is 11.3 Å². The first kappa shape index (κ1) is 15.4. The van der Waals surface area contributed by atoms with Gasteiger partial charge in [0.1, 0.15) is 4.70 Å². The van der Waals surface area contributed by atoms with Crippen LogP contribution in [0.1, 0.15) is 12.0 Å². The quantitative estimate of drug-likeness (QED) is 0.755. The van der Waals surface area contributed by atoms with Crippen LogP contribution in [0.3, 0.4) is 0 Å². The molecular formula is C17H17N3O2S. The number of hydrogen-bond donors (Lipinski definition) is 1. The second-order valence-electron chi connectivity index (χ2n) is 5.21. The summed E-state index contributed by atoms with van der Waals surface area (Å²) in [6, 6.07) is 11.8. The van der Waals surface area contributed by atoms with Gasteiger partial charge in [-0.2, -0.15) is 0 Å². The van der Waals surface area contributed by atoms with Crippen molar-refractivity contribution in [2.45, 2.75) is 19.4 Å². The molecule has 2 aromatic heterocycles. The maximum Gasteiger partial charge on any atom is 0.271 e. The average Bonchev–Trinajstić information content (AvgIpc) is 3.05. The number of benzene rings is 1. The largest absolute Gasteiger partial charge is 0.356 e. The first-order chi connectivity index (χ1) is 11.2. The van der Waals surface area contributed by atoms with Gasteiger partial charge in [0.05, 0.1) is 11.8 Å². The number of aromatic nitrogens is 2. The van der Waals surface area contributed by atoms with Gasteiger partial charge >= 0.3 is 0 Å². The highest BCUT2D eigenvalue weighted by atomic mass is 32.1. The Morgan fingerprint density at radius 3 is 2.87 bits per heavy atom. The van der Waals surface area contributed by atoms with Crippen molar-refractivity contribution in [3.05, 3.63) is 64.0 Å². The number of fused-ring (bicyclic) bond motifs is 1. The van der Waals surface area contributed by atoms with Gasteiger partial charge < -0.3 is 5.32 Å². The molecule has 1 N–H and O–H groups in total. The molecule has 5 nitrogen and oxygen atoms in total. The van der Waals surface area contributed by atoms with Crippen molar-refractivity contribution in [3.8, 4) is 0 Å². The van der Waals surface area contributed by atoms with Crippen LogP contribution in [0.15, 0.2) is 52.9 Å². The summed E-state index contributed by atoms with van der Waals surface area (Å²) in [6.07, 6.45) is 2.58. The summed E-state index contributed by atoms with van der Waals surface area (Å²) in [5.41, 5.74) is 1.82. The molecule has 1 aromatic carbocycles. The van der Waals surface area contributed by atoms with E-state index in [9.17, 15) is 9.59 Å². The molecule has 0 spiro atoms. The van der Waals surface area contributed by atoms with Crippen LogP contribution >= 0.6 is 11.3 Å². The van der Waals surface area contributed by atoms with Gasteiger partial charge in [0.2, 0.25) is 5.91 Å². The fraction of sp³-hybridized carbons (Fsp3) is 0.235. The molecule has 0 aliphatic rings. The Balaban J connectivity index is 1.50. The van der Waals surface area contributed by atoms with Crippen LogP contribution in [0.2, 0.25) is 0 Å². The lowest BCUT2D eigenvalue weighted by atomic mass is 10.1. The second-order valence-corrected chi connectivity index (χ2v) is 6.13. The van der Waals surface area contributed by atoms with Crippen LogP contribution < -0.4 is 10.9 Å². The zero-order valence-electron chi connectivity index (χ0n) is 12.6. The summed E-state index contributed by atoms with van der Waals surface area (Å²) in [6.45, 7) is 0.941. The molecule has 3 aromatic rings. The van der Waals surface area contributed by atoms with Gasteiger partial charge in [0, 0.05) is 19.5 Å². The minimum absolute atomic E-state index is 0.0564. The molecule has 0 aliphatic carbocycles. The van der Waals surface area contributed by atoms with Gasteiger partial charge in [-0.3, -0.25) is 14.2 Å². The first-order valence-corrected chi connectivity index (χ1v) is 8.35. The highest BCUT2D eigenvalue weighted by Crippen LogP contribution is 2.13. The van der Waals surface area contributed by atoms with Crippen molar-refractivity contribution in [2.24, 2.45) is 0 Å². The lowest BCUT2D eigenvalue weighted by Crippen LogP contribution is -2.28. The number of amides is 1. The third kappa shape index (κ3) is 3.84. The van der Waals surface area contributed by atoms with Crippen molar-refractivity contribution in [1.82, 2.24) is 14.9 Å². The van der Waals surface area contributed by atoms with Crippen LogP contribution in [0.25, 0.3) is 10.2 Å². The third-order valence-corrected chi connectivity index (χ3v) is 4.49. The third-order valence-electron chi connectivity index (χ3n) is 3.59. The molecule has 0 saturated carbocycles. The Bertz CT molecular complexity index is 855. The van der Waals surface area contributed by atoms with Crippen molar-refractivity contribution in [1.29, 1.82) is 0 Å². The smallest absolute Gasteiger partial charge is 0.271 e. The first-order valence-electron chi connectivity index (χ1n) is 7.47. The lowest BCUT2D eigenvalue weighted by molar-refractivity contribution is -0.121. The van der Waals surface area contributed by atoms with Crippen LogP contribution in [0, 0.1) is 0 Å². The van der Waals surface area contributed by atoms with Gasteiger partial charge in [-0.05, 0) is 23.4 Å². The monoisotopic (exact) mass is 327 g/mol. The van der Waals surface area contributed by atoms with Gasteiger partial charge in [-0.25, -0.2) is 4.98 Å². The fourth-order valence-corrected chi connectivity index (χ4v) is 3.13. The number of aryl methyl sites for hydroxylation is 1. The van der Waals surface area contributed by atoms with Crippen molar-refractivity contribution < 1.29 is 4.79 Å². The number of hydrogen-bond acceptors (Lipinski definition) is 4. The molecule has 0 radical (unpaired) electrons. The van der Waals surface area contributed by atoms with E-state index >= 15 is 0 Å². The van der Waals surface area contributed by atoms with E-state index < -0.39 is 0 Å². The molecule has 2 heterocycles. The van der Waals surface area contributed by atoms with Crippen LogP contribution in [0.5, 0.6) is 0 Å². The topological polar surface area (TPSA) is 64.0 Å². The molecule has 23 heavy (non-hydrogen) atoms. The molecule has 0 aliphatic heterocycles. The Labute approximate surface area is 137 Å². The van der Waals surface area contributed by atoms with E-state index in [0.29, 0.717) is 23.3 Å². The molecule has 6 heteroatoms. The number of nitrogens with one attached hydrogen (secondary N) is 1. The SMILES string of the molecule is O=C(CCn1cnc2ccsc2c1=O)NCCc1ccccc1. The number of nitrogens with zero attached hydrogens (tertiary/aromatic N) is 2. The zero-order valence-corrected chi connectivity index (χ0v) is 13.4.